The average molecular weight is 310 g/mol. The summed E-state index contributed by atoms with van der Waals surface area (Å²) < 4.78 is 11.9. The number of benzene rings is 1. The normalized spacial score (nSPS) is 12.4. The van der Waals surface area contributed by atoms with E-state index in [-0.39, 0.29) is 0 Å². The Morgan fingerprint density at radius 3 is 2.83 bits per heavy atom. The summed E-state index contributed by atoms with van der Waals surface area (Å²) in [5.41, 5.74) is 1.21. The topological polar surface area (TPSA) is 34.4 Å². The fraction of sp³-hybridized carbons (Fsp3) is 0.286. The van der Waals surface area contributed by atoms with E-state index in [0.29, 0.717) is 12.6 Å². The summed E-state index contributed by atoms with van der Waals surface area (Å²) in [4.78, 5) is 0. The van der Waals surface area contributed by atoms with Crippen molar-refractivity contribution in [1.29, 1.82) is 0 Å². The van der Waals surface area contributed by atoms with E-state index in [9.17, 15) is 0 Å². The molecule has 2 rings (SSSR count). The number of hydrogen-bond acceptors (Lipinski definition) is 3. The highest BCUT2D eigenvalue weighted by Crippen LogP contribution is 2.27. The molecule has 1 heterocycles. The van der Waals surface area contributed by atoms with Crippen LogP contribution in [-0.4, -0.2) is 7.05 Å². The van der Waals surface area contributed by atoms with E-state index < -0.39 is 0 Å². The molecule has 0 aliphatic heterocycles. The zero-order valence-electron chi connectivity index (χ0n) is 10.4. The van der Waals surface area contributed by atoms with Crippen LogP contribution in [0.3, 0.4) is 0 Å². The Morgan fingerprint density at radius 2 is 2.22 bits per heavy atom. The lowest BCUT2D eigenvalue weighted by atomic mass is 10.1. The zero-order valence-corrected chi connectivity index (χ0v) is 12.0. The third-order valence-corrected chi connectivity index (χ3v) is 3.52. The van der Waals surface area contributed by atoms with E-state index in [2.05, 4.69) is 34.2 Å². The molecule has 18 heavy (non-hydrogen) atoms. The molecule has 0 saturated carbocycles. The van der Waals surface area contributed by atoms with Gasteiger partial charge in [-0.2, -0.15) is 0 Å². The predicted molar refractivity (Wildman–Crippen MR) is 74.7 cm³/mol. The van der Waals surface area contributed by atoms with E-state index in [1.54, 1.807) is 6.26 Å². The van der Waals surface area contributed by atoms with Crippen molar-refractivity contribution < 1.29 is 9.15 Å². The highest BCUT2D eigenvalue weighted by Gasteiger charge is 2.08. The minimum atomic E-state index is 0.304. The molecule has 0 amide bonds. The second-order valence-electron chi connectivity index (χ2n) is 4.06. The van der Waals surface area contributed by atoms with Crippen molar-refractivity contribution in [2.75, 3.05) is 7.05 Å². The van der Waals surface area contributed by atoms with Crippen LogP contribution in [0.1, 0.15) is 24.3 Å². The van der Waals surface area contributed by atoms with Crippen molar-refractivity contribution in [2.45, 2.75) is 19.6 Å². The first-order valence-corrected chi connectivity index (χ1v) is 6.62. The fourth-order valence-corrected chi connectivity index (χ4v) is 2.35. The summed E-state index contributed by atoms with van der Waals surface area (Å²) in [6, 6.07) is 10.1. The molecule has 3 nitrogen and oxygen atoms in total. The van der Waals surface area contributed by atoms with Crippen molar-refractivity contribution in [3.8, 4) is 5.75 Å². The van der Waals surface area contributed by atoms with Crippen molar-refractivity contribution in [3.63, 3.8) is 0 Å². The lowest BCUT2D eigenvalue weighted by Gasteiger charge is -2.14. The van der Waals surface area contributed by atoms with Gasteiger partial charge >= 0.3 is 0 Å². The lowest BCUT2D eigenvalue weighted by Crippen LogP contribution is -2.12. The molecule has 1 aromatic heterocycles. The third-order valence-electron chi connectivity index (χ3n) is 2.83. The molecule has 4 heteroatoms. The second-order valence-corrected chi connectivity index (χ2v) is 4.92. The first kappa shape index (κ1) is 13.2. The highest BCUT2D eigenvalue weighted by molar-refractivity contribution is 9.10. The largest absolute Gasteiger partial charge is 0.486 e. The average Bonchev–Trinajstić information content (AvgIpc) is 2.88. The SMILES string of the molecule is CNC(C)c1ccc(OCc2ccco2)cc1Br. The molecule has 1 atom stereocenters. The van der Waals surface area contributed by atoms with Gasteiger partial charge in [0.25, 0.3) is 0 Å². The van der Waals surface area contributed by atoms with E-state index in [1.807, 2.05) is 31.3 Å². The molecule has 0 spiro atoms. The van der Waals surface area contributed by atoms with Gasteiger partial charge in [-0.25, -0.2) is 0 Å². The summed E-state index contributed by atoms with van der Waals surface area (Å²) in [6.07, 6.45) is 1.65. The molecular formula is C14H16BrNO2. The maximum Gasteiger partial charge on any atom is 0.146 e. The molecular weight excluding hydrogens is 294 g/mol. The lowest BCUT2D eigenvalue weighted by molar-refractivity contribution is 0.270. The van der Waals surface area contributed by atoms with Gasteiger partial charge in [0.05, 0.1) is 6.26 Å². The summed E-state index contributed by atoms with van der Waals surface area (Å²) in [7, 11) is 1.94. The van der Waals surface area contributed by atoms with Crippen LogP contribution in [0.2, 0.25) is 0 Å². The van der Waals surface area contributed by atoms with Gasteiger partial charge in [0.1, 0.15) is 18.1 Å². The monoisotopic (exact) mass is 309 g/mol. The Balaban J connectivity index is 2.04. The van der Waals surface area contributed by atoms with E-state index in [1.165, 1.54) is 5.56 Å². The number of hydrogen-bond donors (Lipinski definition) is 1. The molecule has 1 aromatic carbocycles. The van der Waals surface area contributed by atoms with Gasteiger partial charge < -0.3 is 14.5 Å². The molecule has 0 fully saturated rings. The van der Waals surface area contributed by atoms with Crippen LogP contribution in [0.5, 0.6) is 5.75 Å². The minimum absolute atomic E-state index is 0.304. The molecule has 0 saturated heterocycles. The number of ether oxygens (including phenoxy) is 1. The van der Waals surface area contributed by atoms with Gasteiger partial charge in [-0.15, -0.1) is 0 Å². The minimum Gasteiger partial charge on any atom is -0.486 e. The molecule has 1 N–H and O–H groups in total. The Hall–Kier alpha value is -1.26. The van der Waals surface area contributed by atoms with Gasteiger partial charge in [-0.1, -0.05) is 22.0 Å². The second kappa shape index (κ2) is 6.07. The summed E-state index contributed by atoms with van der Waals surface area (Å²) >= 11 is 3.56. The highest BCUT2D eigenvalue weighted by atomic mass is 79.9. The Bertz CT molecular complexity index is 497. The predicted octanol–water partition coefficient (Wildman–Crippen LogP) is 3.90. The van der Waals surface area contributed by atoms with E-state index in [0.717, 1.165) is 16.0 Å². The molecule has 2 aromatic rings. The van der Waals surface area contributed by atoms with Gasteiger partial charge in [0.15, 0.2) is 0 Å². The van der Waals surface area contributed by atoms with Gasteiger partial charge in [-0.05, 0) is 43.8 Å². The van der Waals surface area contributed by atoms with Gasteiger partial charge in [0.2, 0.25) is 0 Å². The van der Waals surface area contributed by atoms with Gasteiger partial charge in [0, 0.05) is 10.5 Å². The van der Waals surface area contributed by atoms with Crippen LogP contribution >= 0.6 is 15.9 Å². The van der Waals surface area contributed by atoms with E-state index >= 15 is 0 Å². The van der Waals surface area contributed by atoms with Crippen molar-refractivity contribution >= 4 is 15.9 Å². The number of furan rings is 1. The standard InChI is InChI=1S/C14H16BrNO2/c1-10(16-2)13-6-5-11(8-14(13)15)18-9-12-4-3-7-17-12/h3-8,10,16H,9H2,1-2H3. The Labute approximate surface area is 115 Å². The van der Waals surface area contributed by atoms with Crippen LogP contribution in [0, 0.1) is 0 Å². The molecule has 0 aliphatic rings. The molecule has 0 bridgehead atoms. The first-order chi connectivity index (χ1) is 8.70. The number of rotatable bonds is 5. The molecule has 0 aliphatic carbocycles. The van der Waals surface area contributed by atoms with Crippen molar-refractivity contribution in [1.82, 2.24) is 5.32 Å². The smallest absolute Gasteiger partial charge is 0.146 e. The number of nitrogens with one attached hydrogen (secondary N) is 1. The van der Waals surface area contributed by atoms with Crippen molar-refractivity contribution in [2.24, 2.45) is 0 Å². The molecule has 0 radical (unpaired) electrons. The fourth-order valence-electron chi connectivity index (χ4n) is 1.65. The van der Waals surface area contributed by atoms with E-state index in [4.69, 9.17) is 9.15 Å². The Morgan fingerprint density at radius 1 is 1.39 bits per heavy atom. The van der Waals surface area contributed by atoms with Crippen LogP contribution in [0.15, 0.2) is 45.5 Å². The van der Waals surface area contributed by atoms with Gasteiger partial charge in [-0.3, -0.25) is 0 Å². The molecule has 1 unspecified atom stereocenters. The summed E-state index contributed by atoms with van der Waals surface area (Å²) in [5.74, 6) is 1.64. The molecule has 96 valence electrons. The number of halogens is 1. The van der Waals surface area contributed by atoms with Crippen LogP contribution in [-0.2, 0) is 6.61 Å². The summed E-state index contributed by atoms with van der Waals surface area (Å²) in [6.45, 7) is 2.56. The summed E-state index contributed by atoms with van der Waals surface area (Å²) in [5, 5.41) is 3.21. The van der Waals surface area contributed by atoms with Crippen LogP contribution < -0.4 is 10.1 Å². The maximum absolute atomic E-state index is 5.66. The third kappa shape index (κ3) is 3.15. The van der Waals surface area contributed by atoms with Crippen molar-refractivity contribution in [3.05, 3.63) is 52.4 Å². The zero-order chi connectivity index (χ0) is 13.0. The first-order valence-electron chi connectivity index (χ1n) is 5.82. The maximum atomic E-state index is 5.66. The quantitative estimate of drug-likeness (QED) is 0.909. The van der Waals surface area contributed by atoms with Crippen LogP contribution in [0.25, 0.3) is 0 Å². The Kier molecular flexibility index (Phi) is 4.44. The van der Waals surface area contributed by atoms with Crippen LogP contribution in [0.4, 0.5) is 0 Å².